The van der Waals surface area contributed by atoms with Crippen LogP contribution in [0.1, 0.15) is 5.56 Å². The van der Waals surface area contributed by atoms with Gasteiger partial charge < -0.3 is 10.5 Å². The first-order valence-corrected chi connectivity index (χ1v) is 8.01. The van der Waals surface area contributed by atoms with Gasteiger partial charge in [0.1, 0.15) is 23.9 Å². The Balaban J connectivity index is 1.90. The van der Waals surface area contributed by atoms with Crippen molar-refractivity contribution in [1.29, 1.82) is 0 Å². The molecule has 0 bridgehead atoms. The Hall–Kier alpha value is -2.28. The molecule has 0 aliphatic heterocycles. The number of aryl methyl sites for hydroxylation is 1. The first kappa shape index (κ1) is 15.1. The normalized spacial score (nSPS) is 11.1. The quantitative estimate of drug-likeness (QED) is 0.793. The van der Waals surface area contributed by atoms with Crippen LogP contribution in [0.3, 0.4) is 0 Å². The number of sulfonamides is 1. The third-order valence-electron chi connectivity index (χ3n) is 2.65. The number of aromatic nitrogens is 1. The van der Waals surface area contributed by atoms with Gasteiger partial charge in [-0.25, -0.2) is 13.4 Å². The van der Waals surface area contributed by atoms with E-state index >= 15 is 0 Å². The molecule has 2 rings (SSSR count). The topological polar surface area (TPSA) is 94.3 Å². The summed E-state index contributed by atoms with van der Waals surface area (Å²) in [4.78, 5) is 3.95. The smallest absolute Gasteiger partial charge is 0.237 e. The fourth-order valence-electron chi connectivity index (χ4n) is 1.68. The molecular formula is C14H17N3O3S. The molecule has 0 unspecified atom stereocenters. The van der Waals surface area contributed by atoms with Crippen LogP contribution in [0.25, 0.3) is 0 Å². The molecule has 0 amide bonds. The summed E-state index contributed by atoms with van der Waals surface area (Å²) in [5.41, 5.74) is 7.11. The molecule has 0 fully saturated rings. The SMILES string of the molecule is Cc1ccnc(NS(=O)(=O)CCOc2cccc(N)c2)c1. The molecule has 3 N–H and O–H groups in total. The fourth-order valence-corrected chi connectivity index (χ4v) is 2.51. The van der Waals surface area contributed by atoms with Crippen LogP contribution in [0.15, 0.2) is 42.6 Å². The van der Waals surface area contributed by atoms with Crippen molar-refractivity contribution in [3.05, 3.63) is 48.2 Å². The number of pyridine rings is 1. The highest BCUT2D eigenvalue weighted by Crippen LogP contribution is 2.14. The van der Waals surface area contributed by atoms with Gasteiger partial charge in [-0.05, 0) is 36.8 Å². The van der Waals surface area contributed by atoms with Crippen molar-refractivity contribution < 1.29 is 13.2 Å². The minimum absolute atomic E-state index is 0.0323. The van der Waals surface area contributed by atoms with Crippen LogP contribution >= 0.6 is 0 Å². The molecule has 1 heterocycles. The lowest BCUT2D eigenvalue weighted by molar-refractivity contribution is 0.341. The van der Waals surface area contributed by atoms with Gasteiger partial charge >= 0.3 is 0 Å². The zero-order chi connectivity index (χ0) is 15.3. The van der Waals surface area contributed by atoms with Crippen LogP contribution in [-0.4, -0.2) is 25.8 Å². The summed E-state index contributed by atoms with van der Waals surface area (Å²) >= 11 is 0. The molecule has 0 aliphatic carbocycles. The highest BCUT2D eigenvalue weighted by molar-refractivity contribution is 7.92. The number of nitrogen functional groups attached to an aromatic ring is 1. The monoisotopic (exact) mass is 307 g/mol. The van der Waals surface area contributed by atoms with Crippen molar-refractivity contribution in [3.63, 3.8) is 0 Å². The molecule has 2 aromatic rings. The molecule has 0 spiro atoms. The molecule has 6 nitrogen and oxygen atoms in total. The van der Waals surface area contributed by atoms with E-state index in [0.717, 1.165) is 5.56 Å². The molecule has 7 heteroatoms. The Morgan fingerprint density at radius 1 is 1.29 bits per heavy atom. The van der Waals surface area contributed by atoms with E-state index in [2.05, 4.69) is 9.71 Å². The maximum Gasteiger partial charge on any atom is 0.237 e. The fraction of sp³-hybridized carbons (Fsp3) is 0.214. The number of anilines is 2. The average molecular weight is 307 g/mol. The summed E-state index contributed by atoms with van der Waals surface area (Å²) < 4.78 is 31.6. The van der Waals surface area contributed by atoms with Gasteiger partial charge in [0.15, 0.2) is 0 Å². The van der Waals surface area contributed by atoms with E-state index in [1.165, 1.54) is 0 Å². The number of ether oxygens (including phenoxy) is 1. The molecule has 0 atom stereocenters. The molecule has 0 aliphatic rings. The molecule has 1 aromatic heterocycles. The minimum Gasteiger partial charge on any atom is -0.492 e. The van der Waals surface area contributed by atoms with Gasteiger partial charge in [0, 0.05) is 18.0 Å². The maximum absolute atomic E-state index is 11.9. The summed E-state index contributed by atoms with van der Waals surface area (Å²) in [7, 11) is -3.50. The largest absolute Gasteiger partial charge is 0.492 e. The number of rotatable bonds is 6. The summed E-state index contributed by atoms with van der Waals surface area (Å²) in [5.74, 6) is 0.676. The van der Waals surface area contributed by atoms with Gasteiger partial charge in [-0.15, -0.1) is 0 Å². The Bertz CT molecular complexity index is 717. The number of nitrogens with one attached hydrogen (secondary N) is 1. The van der Waals surface area contributed by atoms with Crippen molar-refractivity contribution in [2.75, 3.05) is 22.8 Å². The molecule has 0 saturated carbocycles. The van der Waals surface area contributed by atoms with Crippen molar-refractivity contribution in [2.24, 2.45) is 0 Å². The summed E-state index contributed by atoms with van der Waals surface area (Å²) in [5, 5.41) is 0. The van der Waals surface area contributed by atoms with Gasteiger partial charge in [-0.3, -0.25) is 4.72 Å². The molecule has 1 aromatic carbocycles. The van der Waals surface area contributed by atoms with Crippen LogP contribution in [0, 0.1) is 6.92 Å². The average Bonchev–Trinajstić information content (AvgIpc) is 2.38. The zero-order valence-corrected chi connectivity index (χ0v) is 12.4. The number of hydrogen-bond donors (Lipinski definition) is 2. The van der Waals surface area contributed by atoms with Crippen molar-refractivity contribution in [2.45, 2.75) is 6.92 Å². The minimum atomic E-state index is -3.50. The molecule has 0 radical (unpaired) electrons. The zero-order valence-electron chi connectivity index (χ0n) is 11.6. The number of benzene rings is 1. The van der Waals surface area contributed by atoms with Gasteiger partial charge in [0.25, 0.3) is 0 Å². The molecule has 0 saturated heterocycles. The van der Waals surface area contributed by atoms with Crippen LogP contribution < -0.4 is 15.2 Å². The van der Waals surface area contributed by atoms with Gasteiger partial charge in [-0.1, -0.05) is 6.07 Å². The van der Waals surface area contributed by atoms with E-state index < -0.39 is 10.0 Å². The Labute approximate surface area is 124 Å². The van der Waals surface area contributed by atoms with Gasteiger partial charge in [0.05, 0.1) is 0 Å². The van der Waals surface area contributed by atoms with Gasteiger partial charge in [-0.2, -0.15) is 0 Å². The summed E-state index contributed by atoms with van der Waals surface area (Å²) in [6.45, 7) is 1.90. The van der Waals surface area contributed by atoms with Crippen molar-refractivity contribution >= 4 is 21.5 Å². The molecular weight excluding hydrogens is 290 g/mol. The van der Waals surface area contributed by atoms with E-state index in [4.69, 9.17) is 10.5 Å². The van der Waals surface area contributed by atoms with Gasteiger partial charge in [0.2, 0.25) is 10.0 Å². The first-order valence-electron chi connectivity index (χ1n) is 6.36. The Morgan fingerprint density at radius 3 is 2.81 bits per heavy atom. The lowest BCUT2D eigenvalue weighted by Crippen LogP contribution is -2.21. The maximum atomic E-state index is 11.9. The first-order chi connectivity index (χ1) is 9.94. The third kappa shape index (κ3) is 4.96. The molecule has 21 heavy (non-hydrogen) atoms. The Kier molecular flexibility index (Phi) is 4.64. The Morgan fingerprint density at radius 2 is 2.10 bits per heavy atom. The number of nitrogens with zero attached hydrogens (tertiary/aromatic N) is 1. The second-order valence-corrected chi connectivity index (χ2v) is 6.40. The van der Waals surface area contributed by atoms with Crippen molar-refractivity contribution in [3.8, 4) is 5.75 Å². The third-order valence-corrected chi connectivity index (χ3v) is 3.88. The van der Waals surface area contributed by atoms with Crippen LogP contribution in [0.5, 0.6) is 5.75 Å². The standard InChI is InChI=1S/C14H17N3O3S/c1-11-5-6-16-14(9-11)17-21(18,19)8-7-20-13-4-2-3-12(15)10-13/h2-6,9-10H,7-8,15H2,1H3,(H,16,17). The number of nitrogens with two attached hydrogens (primary N) is 1. The van der Waals surface area contributed by atoms with Crippen LogP contribution in [0.2, 0.25) is 0 Å². The number of hydrogen-bond acceptors (Lipinski definition) is 5. The van der Waals surface area contributed by atoms with E-state index in [9.17, 15) is 8.42 Å². The van der Waals surface area contributed by atoms with E-state index in [-0.39, 0.29) is 12.4 Å². The lowest BCUT2D eigenvalue weighted by Gasteiger charge is -2.09. The molecule has 112 valence electrons. The van der Waals surface area contributed by atoms with Crippen molar-refractivity contribution in [1.82, 2.24) is 4.98 Å². The second kappa shape index (κ2) is 6.45. The second-order valence-electron chi connectivity index (χ2n) is 4.56. The summed E-state index contributed by atoms with van der Waals surface area (Å²) in [6, 6.07) is 10.3. The van der Waals surface area contributed by atoms with E-state index in [1.807, 2.05) is 6.92 Å². The van der Waals surface area contributed by atoms with Crippen LogP contribution in [0.4, 0.5) is 11.5 Å². The predicted octanol–water partition coefficient (Wildman–Crippen LogP) is 1.79. The van der Waals surface area contributed by atoms with E-state index in [1.54, 1.807) is 42.6 Å². The van der Waals surface area contributed by atoms with Crippen LogP contribution in [-0.2, 0) is 10.0 Å². The van der Waals surface area contributed by atoms with E-state index in [0.29, 0.717) is 17.3 Å². The summed E-state index contributed by atoms with van der Waals surface area (Å²) in [6.07, 6.45) is 1.55. The predicted molar refractivity (Wildman–Crippen MR) is 82.7 cm³/mol. The lowest BCUT2D eigenvalue weighted by atomic mass is 10.3. The highest BCUT2D eigenvalue weighted by atomic mass is 32.2. The highest BCUT2D eigenvalue weighted by Gasteiger charge is 2.11.